The van der Waals surface area contributed by atoms with Crippen LogP contribution in [0, 0.1) is 11.6 Å². The molecule has 0 unspecified atom stereocenters. The van der Waals surface area contributed by atoms with Gasteiger partial charge >= 0.3 is 0 Å². The van der Waals surface area contributed by atoms with Gasteiger partial charge in [-0.15, -0.1) is 0 Å². The smallest absolute Gasteiger partial charge is 0.190 e. The van der Waals surface area contributed by atoms with E-state index in [2.05, 4.69) is 19.1 Å². The zero-order chi connectivity index (χ0) is 14.3. The van der Waals surface area contributed by atoms with Crippen LogP contribution in [-0.4, -0.2) is 11.6 Å². The summed E-state index contributed by atoms with van der Waals surface area (Å²) in [5, 5.41) is 0. The Morgan fingerprint density at radius 1 is 1.16 bits per heavy atom. The molecular formula is C14H19F2NOS. The van der Waals surface area contributed by atoms with E-state index in [1.54, 1.807) is 0 Å². The van der Waals surface area contributed by atoms with Gasteiger partial charge in [-0.25, -0.2) is 8.78 Å². The van der Waals surface area contributed by atoms with Gasteiger partial charge in [-0.1, -0.05) is 44.8 Å². The van der Waals surface area contributed by atoms with Crippen molar-refractivity contribution in [3.8, 4) is 5.75 Å². The van der Waals surface area contributed by atoms with Crippen LogP contribution >= 0.6 is 12.2 Å². The highest BCUT2D eigenvalue weighted by molar-refractivity contribution is 7.80. The van der Waals surface area contributed by atoms with E-state index < -0.39 is 11.6 Å². The number of hydrogen-bond donors (Lipinski definition) is 1. The van der Waals surface area contributed by atoms with Crippen LogP contribution in [0.25, 0.3) is 0 Å². The lowest BCUT2D eigenvalue weighted by Crippen LogP contribution is -2.11. The molecule has 1 rings (SSSR count). The fourth-order valence-electron chi connectivity index (χ4n) is 1.72. The van der Waals surface area contributed by atoms with Gasteiger partial charge in [0.25, 0.3) is 0 Å². The van der Waals surface area contributed by atoms with Crippen LogP contribution in [0.3, 0.4) is 0 Å². The van der Waals surface area contributed by atoms with Crippen molar-refractivity contribution in [3.63, 3.8) is 0 Å². The fraction of sp³-hybridized carbons (Fsp3) is 0.500. The third-order valence-electron chi connectivity index (χ3n) is 2.78. The second-order valence-electron chi connectivity index (χ2n) is 4.40. The monoisotopic (exact) mass is 287 g/mol. The van der Waals surface area contributed by atoms with Crippen molar-refractivity contribution < 1.29 is 13.5 Å². The van der Waals surface area contributed by atoms with Crippen molar-refractivity contribution in [2.75, 3.05) is 6.61 Å². The first kappa shape index (κ1) is 15.8. The van der Waals surface area contributed by atoms with Gasteiger partial charge in [-0.3, -0.25) is 0 Å². The summed E-state index contributed by atoms with van der Waals surface area (Å²) < 4.78 is 32.4. The summed E-state index contributed by atoms with van der Waals surface area (Å²) in [4.78, 5) is -0.0380. The molecule has 0 heterocycles. The maximum absolute atomic E-state index is 13.6. The zero-order valence-corrected chi connectivity index (χ0v) is 11.9. The first-order chi connectivity index (χ1) is 9.06. The van der Waals surface area contributed by atoms with Crippen molar-refractivity contribution in [2.24, 2.45) is 5.73 Å². The topological polar surface area (TPSA) is 35.2 Å². The van der Waals surface area contributed by atoms with Gasteiger partial charge in [0.05, 0.1) is 6.61 Å². The molecule has 19 heavy (non-hydrogen) atoms. The number of nitrogens with two attached hydrogens (primary N) is 1. The summed E-state index contributed by atoms with van der Waals surface area (Å²) in [7, 11) is 0. The molecule has 5 heteroatoms. The second kappa shape index (κ2) is 8.04. The van der Waals surface area contributed by atoms with Gasteiger partial charge in [-0.05, 0) is 18.6 Å². The van der Waals surface area contributed by atoms with E-state index in [1.807, 2.05) is 0 Å². The Kier molecular flexibility index (Phi) is 6.70. The molecule has 0 aliphatic rings. The van der Waals surface area contributed by atoms with E-state index >= 15 is 0 Å². The third-order valence-corrected chi connectivity index (χ3v) is 3.01. The first-order valence-corrected chi connectivity index (χ1v) is 6.88. The Bertz CT molecular complexity index is 414. The molecule has 0 saturated carbocycles. The summed E-state index contributed by atoms with van der Waals surface area (Å²) in [6.45, 7) is 2.44. The molecule has 0 saturated heterocycles. The Morgan fingerprint density at radius 2 is 1.74 bits per heavy atom. The van der Waals surface area contributed by atoms with Gasteiger partial charge < -0.3 is 10.5 Å². The molecule has 0 aromatic heterocycles. The number of hydrogen-bond acceptors (Lipinski definition) is 2. The molecule has 106 valence electrons. The molecule has 0 spiro atoms. The SMILES string of the molecule is CCCCCCCOc1c(F)cc(C(N)=S)cc1F. The van der Waals surface area contributed by atoms with Crippen LogP contribution in [0.15, 0.2) is 12.1 Å². The maximum Gasteiger partial charge on any atom is 0.190 e. The van der Waals surface area contributed by atoms with Gasteiger partial charge in [0.15, 0.2) is 17.4 Å². The normalized spacial score (nSPS) is 10.5. The Morgan fingerprint density at radius 3 is 2.26 bits per heavy atom. The van der Waals surface area contributed by atoms with Crippen molar-refractivity contribution in [1.82, 2.24) is 0 Å². The van der Waals surface area contributed by atoms with Crippen LogP contribution in [-0.2, 0) is 0 Å². The molecule has 0 fully saturated rings. The minimum absolute atomic E-state index is 0.0380. The highest BCUT2D eigenvalue weighted by atomic mass is 32.1. The molecule has 0 aliphatic carbocycles. The van der Waals surface area contributed by atoms with Gasteiger partial charge in [0.1, 0.15) is 4.99 Å². The molecule has 2 N–H and O–H groups in total. The molecule has 1 aromatic rings. The van der Waals surface area contributed by atoms with Crippen LogP contribution in [0.2, 0.25) is 0 Å². The molecule has 0 bridgehead atoms. The van der Waals surface area contributed by atoms with Gasteiger partial charge in [0, 0.05) is 5.56 Å². The molecular weight excluding hydrogens is 268 g/mol. The molecule has 0 atom stereocenters. The highest BCUT2D eigenvalue weighted by Crippen LogP contribution is 2.23. The van der Waals surface area contributed by atoms with E-state index in [4.69, 9.17) is 10.5 Å². The van der Waals surface area contributed by atoms with Crippen LogP contribution in [0.4, 0.5) is 8.78 Å². The molecule has 2 nitrogen and oxygen atoms in total. The number of unbranched alkanes of at least 4 members (excludes halogenated alkanes) is 4. The van der Waals surface area contributed by atoms with Crippen molar-refractivity contribution in [1.29, 1.82) is 0 Å². The summed E-state index contributed by atoms with van der Waals surface area (Å²) >= 11 is 4.67. The Labute approximate surface area is 117 Å². The minimum Gasteiger partial charge on any atom is -0.488 e. The summed E-state index contributed by atoms with van der Waals surface area (Å²) in [5.74, 6) is -1.89. The van der Waals surface area contributed by atoms with Crippen molar-refractivity contribution >= 4 is 17.2 Å². The number of thiocarbonyl (C=S) groups is 1. The van der Waals surface area contributed by atoms with Gasteiger partial charge in [-0.2, -0.15) is 0 Å². The number of halogens is 2. The van der Waals surface area contributed by atoms with Crippen LogP contribution in [0.1, 0.15) is 44.6 Å². The first-order valence-electron chi connectivity index (χ1n) is 6.48. The highest BCUT2D eigenvalue weighted by Gasteiger charge is 2.13. The number of benzene rings is 1. The summed E-state index contributed by atoms with van der Waals surface area (Å²) in [6, 6.07) is 2.19. The number of rotatable bonds is 8. The molecule has 0 amide bonds. The summed E-state index contributed by atoms with van der Waals surface area (Å²) in [6.07, 6.45) is 5.24. The Hall–Kier alpha value is -1.23. The van der Waals surface area contributed by atoms with E-state index in [-0.39, 0.29) is 16.3 Å². The third kappa shape index (κ3) is 5.11. The second-order valence-corrected chi connectivity index (χ2v) is 4.84. The van der Waals surface area contributed by atoms with Crippen molar-refractivity contribution in [3.05, 3.63) is 29.3 Å². The van der Waals surface area contributed by atoms with Crippen LogP contribution in [0.5, 0.6) is 5.75 Å². The van der Waals surface area contributed by atoms with E-state index in [0.29, 0.717) is 6.61 Å². The van der Waals surface area contributed by atoms with E-state index in [9.17, 15) is 8.78 Å². The van der Waals surface area contributed by atoms with Crippen molar-refractivity contribution in [2.45, 2.75) is 39.0 Å². The fourth-order valence-corrected chi connectivity index (χ4v) is 1.84. The molecule has 1 aromatic carbocycles. The largest absolute Gasteiger partial charge is 0.488 e. The lowest BCUT2D eigenvalue weighted by Gasteiger charge is -2.09. The van der Waals surface area contributed by atoms with Crippen LogP contribution < -0.4 is 10.5 Å². The number of ether oxygens (including phenoxy) is 1. The quantitative estimate of drug-likeness (QED) is 0.581. The molecule has 0 radical (unpaired) electrons. The van der Waals surface area contributed by atoms with E-state index in [1.165, 1.54) is 6.42 Å². The maximum atomic E-state index is 13.6. The predicted octanol–water partition coefficient (Wildman–Crippen LogP) is 3.95. The molecule has 0 aliphatic heterocycles. The Balaban J connectivity index is 2.52. The van der Waals surface area contributed by atoms with E-state index in [0.717, 1.165) is 37.8 Å². The predicted molar refractivity (Wildman–Crippen MR) is 76.5 cm³/mol. The minimum atomic E-state index is -0.767. The summed E-state index contributed by atoms with van der Waals surface area (Å²) in [5.41, 5.74) is 5.49. The van der Waals surface area contributed by atoms with Gasteiger partial charge in [0.2, 0.25) is 0 Å². The zero-order valence-electron chi connectivity index (χ0n) is 11.0. The average Bonchev–Trinajstić information content (AvgIpc) is 2.35. The average molecular weight is 287 g/mol. The lowest BCUT2D eigenvalue weighted by molar-refractivity contribution is 0.275. The standard InChI is InChI=1S/C14H19F2NOS/c1-2-3-4-5-6-7-18-13-11(15)8-10(14(17)19)9-12(13)16/h8-9H,2-7H2,1H3,(H2,17,19). The lowest BCUT2D eigenvalue weighted by atomic mass is 10.1.